The molecule has 0 aliphatic rings. The fraction of sp³-hybridized carbons (Fsp3) is 0.600. The summed E-state index contributed by atoms with van der Waals surface area (Å²) < 4.78 is 0. The molecule has 132 valence electrons. The molecule has 0 rings (SSSR count). The van der Waals surface area contributed by atoms with E-state index in [1.54, 1.807) is 0 Å². The van der Waals surface area contributed by atoms with E-state index in [-0.39, 0.29) is 0 Å². The molecule has 0 aromatic rings. The summed E-state index contributed by atoms with van der Waals surface area (Å²) in [5.41, 5.74) is 2.54. The van der Waals surface area contributed by atoms with Crippen LogP contribution in [0.1, 0.15) is 74.7 Å². The van der Waals surface area contributed by atoms with Crippen molar-refractivity contribution in [1.82, 2.24) is 0 Å². The summed E-state index contributed by atoms with van der Waals surface area (Å²) in [7, 11) is -1.35. The Balaban J connectivity index is -0.000000637. The maximum atomic E-state index is 6.44. The molecule has 0 radical (unpaired) electrons. The van der Waals surface area contributed by atoms with Crippen LogP contribution in [0.25, 0.3) is 0 Å². The summed E-state index contributed by atoms with van der Waals surface area (Å²) in [6, 6.07) is 0. The van der Waals surface area contributed by atoms with Crippen LogP contribution in [0.3, 0.4) is 0 Å². The van der Waals surface area contributed by atoms with E-state index in [2.05, 4.69) is 65.0 Å². The highest BCUT2D eigenvalue weighted by atomic mass is 32.3. The van der Waals surface area contributed by atoms with Gasteiger partial charge in [0.05, 0.1) is 0 Å². The van der Waals surface area contributed by atoms with Gasteiger partial charge in [-0.2, -0.15) is 0 Å². The lowest BCUT2D eigenvalue weighted by Crippen LogP contribution is -2.08. The molecule has 2 N–H and O–H groups in total. The third-order valence-corrected chi connectivity index (χ3v) is 4.81. The predicted octanol–water partition coefficient (Wildman–Crippen LogP) is 7.48. The van der Waals surface area contributed by atoms with Gasteiger partial charge < -0.3 is 0 Å². The van der Waals surface area contributed by atoms with Gasteiger partial charge in [0.1, 0.15) is 0 Å². The molecule has 0 aliphatic carbocycles. The van der Waals surface area contributed by atoms with Crippen LogP contribution in [0, 0.1) is 0 Å². The van der Waals surface area contributed by atoms with E-state index < -0.39 is 10.2 Å². The second-order valence-electron chi connectivity index (χ2n) is 5.25. The zero-order valence-electron chi connectivity index (χ0n) is 16.6. The largest absolute Gasteiger partial charge is 0.288 e. The minimum atomic E-state index is -1.35. The molecule has 0 bridgehead atoms. The molecule has 2 heteroatoms. The van der Waals surface area contributed by atoms with E-state index >= 15 is 0 Å². The Morgan fingerprint density at radius 2 is 1.59 bits per heavy atom. The zero-order chi connectivity index (χ0) is 18.2. The van der Waals surface area contributed by atoms with E-state index in [1.165, 1.54) is 23.3 Å². The van der Waals surface area contributed by atoms with E-state index in [1.807, 2.05) is 26.8 Å². The van der Waals surface area contributed by atoms with Crippen molar-refractivity contribution in [3.8, 4) is 0 Å². The van der Waals surface area contributed by atoms with Crippen molar-refractivity contribution in [3.05, 3.63) is 46.3 Å². The van der Waals surface area contributed by atoms with Crippen molar-refractivity contribution in [2.24, 2.45) is 5.14 Å². The number of nitrogens with two attached hydrogens (primary N) is 1. The number of rotatable bonds is 6. The van der Waals surface area contributed by atoms with Crippen molar-refractivity contribution in [3.63, 3.8) is 0 Å². The van der Waals surface area contributed by atoms with Crippen molar-refractivity contribution >= 4 is 10.2 Å². The maximum absolute atomic E-state index is 6.44. The molecule has 0 aromatic heterocycles. The molecule has 0 saturated carbocycles. The summed E-state index contributed by atoms with van der Waals surface area (Å²) in [6.45, 7) is 20.5. The molecular weight excluding hydrogens is 286 g/mol. The van der Waals surface area contributed by atoms with E-state index in [4.69, 9.17) is 5.14 Å². The predicted molar refractivity (Wildman–Crippen MR) is 111 cm³/mol. The number of hydrogen-bond donors (Lipinski definition) is 1. The molecule has 0 aliphatic heterocycles. The second kappa shape index (κ2) is 16.6. The highest BCUT2D eigenvalue weighted by Crippen LogP contribution is 2.48. The maximum Gasteiger partial charge on any atom is 0.00114 e. The molecule has 22 heavy (non-hydrogen) atoms. The Labute approximate surface area is 142 Å². The van der Waals surface area contributed by atoms with Gasteiger partial charge in [0.25, 0.3) is 0 Å². The Kier molecular flexibility index (Phi) is 19.8. The Morgan fingerprint density at radius 1 is 1.14 bits per heavy atom. The first-order valence-corrected chi connectivity index (χ1v) is 10.7. The van der Waals surface area contributed by atoms with Crippen LogP contribution in [0.15, 0.2) is 46.3 Å². The first kappa shape index (κ1) is 26.2. The lowest BCUT2D eigenvalue weighted by atomic mass is 10.1. The number of allylic oxidation sites excluding steroid dienone is 5. The summed E-state index contributed by atoms with van der Waals surface area (Å²) >= 11 is 0. The third-order valence-electron chi connectivity index (χ3n) is 2.58. The van der Waals surface area contributed by atoms with Crippen LogP contribution >= 0.6 is 10.2 Å². The summed E-state index contributed by atoms with van der Waals surface area (Å²) in [5.74, 6) is 0. The van der Waals surface area contributed by atoms with Gasteiger partial charge in [-0.25, -0.2) is 0 Å². The van der Waals surface area contributed by atoms with Crippen molar-refractivity contribution in [2.75, 3.05) is 6.26 Å². The summed E-state index contributed by atoms with van der Waals surface area (Å²) in [4.78, 5) is 1.24. The van der Waals surface area contributed by atoms with Crippen molar-refractivity contribution < 1.29 is 0 Å². The second-order valence-corrected chi connectivity index (χ2v) is 8.05. The molecule has 0 spiro atoms. The lowest BCUT2D eigenvalue weighted by Gasteiger charge is -2.29. The fourth-order valence-corrected chi connectivity index (χ4v) is 3.64. The van der Waals surface area contributed by atoms with Crippen LogP contribution in [-0.2, 0) is 0 Å². The average Bonchev–Trinajstić information content (AvgIpc) is 2.47. The zero-order valence-corrected chi connectivity index (χ0v) is 17.4. The highest BCUT2D eigenvalue weighted by molar-refractivity contribution is 8.37. The van der Waals surface area contributed by atoms with E-state index in [0.717, 1.165) is 12.0 Å². The topological polar surface area (TPSA) is 26.0 Å². The van der Waals surface area contributed by atoms with E-state index in [0.29, 0.717) is 0 Å². The molecule has 0 amide bonds. The van der Waals surface area contributed by atoms with Crippen LogP contribution in [0.2, 0.25) is 0 Å². The van der Waals surface area contributed by atoms with Gasteiger partial charge in [-0.15, -0.1) is 10.2 Å². The summed E-state index contributed by atoms with van der Waals surface area (Å²) in [5, 5.41) is 8.58. The highest BCUT2D eigenvalue weighted by Gasteiger charge is 2.13. The molecule has 1 atom stereocenters. The monoisotopic (exact) mass is 327 g/mol. The van der Waals surface area contributed by atoms with Gasteiger partial charge in [0.15, 0.2) is 0 Å². The average molecular weight is 328 g/mol. The van der Waals surface area contributed by atoms with Gasteiger partial charge in [0.2, 0.25) is 0 Å². The Morgan fingerprint density at radius 3 is 1.91 bits per heavy atom. The van der Waals surface area contributed by atoms with Gasteiger partial charge in [-0.3, -0.25) is 5.14 Å². The van der Waals surface area contributed by atoms with Crippen LogP contribution in [-0.4, -0.2) is 6.26 Å². The minimum Gasteiger partial charge on any atom is -0.288 e. The molecule has 0 heterocycles. The molecule has 0 aromatic carbocycles. The standard InChI is InChI=1S/C15H27NS.C3H8.C2H6/c1-7-10-14(5)11-15(9-3)17(6,16)12-13(4)8-2;1-3-2;1-2/h8-9,11-12H,2,7,10,16H2,1,3-6H3;3H2,1-2H3;1-2H3/b13-12-,14-11-,15-9+;;. The SMILES string of the molecule is C=C/C(C)=C\S(C)(N)C(/C=C(/C)CCC)=C/C.CC.CCC. The quantitative estimate of drug-likeness (QED) is 0.503. The first-order chi connectivity index (χ1) is 10.3. The molecule has 0 fully saturated rings. The van der Waals surface area contributed by atoms with Gasteiger partial charge in [-0.1, -0.05) is 77.8 Å². The summed E-state index contributed by atoms with van der Waals surface area (Å²) in [6.07, 6.45) is 11.9. The van der Waals surface area contributed by atoms with Gasteiger partial charge >= 0.3 is 0 Å². The van der Waals surface area contributed by atoms with Crippen LogP contribution in [0.4, 0.5) is 0 Å². The minimum absolute atomic E-state index is 1.14. The van der Waals surface area contributed by atoms with Crippen LogP contribution < -0.4 is 5.14 Å². The normalized spacial score (nSPS) is 16.4. The Bertz CT molecular complexity index is 360. The fourth-order valence-electron chi connectivity index (χ4n) is 1.68. The van der Waals surface area contributed by atoms with Crippen molar-refractivity contribution in [2.45, 2.75) is 74.7 Å². The van der Waals surface area contributed by atoms with Gasteiger partial charge in [0, 0.05) is 4.91 Å². The molecular formula is C20H41NS. The lowest BCUT2D eigenvalue weighted by molar-refractivity contribution is 0.905. The van der Waals surface area contributed by atoms with Gasteiger partial charge in [-0.05, 0) is 44.4 Å². The number of hydrogen-bond acceptors (Lipinski definition) is 1. The Hall–Kier alpha value is -0.730. The molecule has 1 unspecified atom stereocenters. The van der Waals surface area contributed by atoms with Crippen LogP contribution in [0.5, 0.6) is 0 Å². The van der Waals surface area contributed by atoms with Crippen molar-refractivity contribution in [1.29, 1.82) is 0 Å². The smallest absolute Gasteiger partial charge is 0.00114 e. The van der Waals surface area contributed by atoms with E-state index in [9.17, 15) is 0 Å². The first-order valence-electron chi connectivity index (χ1n) is 8.49. The third kappa shape index (κ3) is 14.2. The molecule has 1 nitrogen and oxygen atoms in total. The molecule has 0 saturated heterocycles.